The number of anilines is 1. The van der Waals surface area contributed by atoms with E-state index in [0.717, 1.165) is 5.56 Å². The molecule has 7 nitrogen and oxygen atoms in total. The number of amides is 2. The zero-order valence-electron chi connectivity index (χ0n) is 15.2. The van der Waals surface area contributed by atoms with E-state index in [-0.39, 0.29) is 30.5 Å². The van der Waals surface area contributed by atoms with Gasteiger partial charge in [-0.05, 0) is 36.4 Å². The van der Waals surface area contributed by atoms with Gasteiger partial charge in [0, 0.05) is 18.2 Å². The molecule has 0 aliphatic heterocycles. The van der Waals surface area contributed by atoms with Gasteiger partial charge in [-0.25, -0.2) is 4.98 Å². The minimum absolute atomic E-state index is 0.121. The first-order valence-electron chi connectivity index (χ1n) is 8.60. The third-order valence-electron chi connectivity index (χ3n) is 3.86. The lowest BCUT2D eigenvalue weighted by Crippen LogP contribution is -2.32. The van der Waals surface area contributed by atoms with Gasteiger partial charge >= 0.3 is 0 Å². The molecule has 0 bridgehead atoms. The summed E-state index contributed by atoms with van der Waals surface area (Å²) in [5.74, 6) is 5.31. The van der Waals surface area contributed by atoms with E-state index in [1.165, 1.54) is 17.8 Å². The summed E-state index contributed by atoms with van der Waals surface area (Å²) in [6, 6.07) is 14.1. The predicted octanol–water partition coefficient (Wildman–Crippen LogP) is 1.52. The van der Waals surface area contributed by atoms with Gasteiger partial charge in [0.25, 0.3) is 5.56 Å². The molecule has 0 aliphatic carbocycles. The van der Waals surface area contributed by atoms with Crippen molar-refractivity contribution in [3.05, 3.63) is 70.8 Å². The second-order valence-electron chi connectivity index (χ2n) is 6.03. The van der Waals surface area contributed by atoms with Crippen LogP contribution in [0.1, 0.15) is 12.5 Å². The molecule has 0 aliphatic rings. The molecule has 7 heteroatoms. The first-order valence-corrected chi connectivity index (χ1v) is 8.60. The molecule has 0 unspecified atom stereocenters. The summed E-state index contributed by atoms with van der Waals surface area (Å²) in [5, 5.41) is 5.81. The van der Waals surface area contributed by atoms with Crippen LogP contribution in [0.25, 0.3) is 10.9 Å². The van der Waals surface area contributed by atoms with Crippen molar-refractivity contribution in [1.29, 1.82) is 0 Å². The fourth-order valence-electron chi connectivity index (χ4n) is 2.56. The van der Waals surface area contributed by atoms with E-state index in [2.05, 4.69) is 27.5 Å². The Morgan fingerprint density at radius 1 is 1.11 bits per heavy atom. The van der Waals surface area contributed by atoms with Crippen LogP contribution >= 0.6 is 0 Å². The molecule has 140 valence electrons. The highest BCUT2D eigenvalue weighted by molar-refractivity contribution is 5.88. The van der Waals surface area contributed by atoms with E-state index in [9.17, 15) is 14.4 Å². The lowest BCUT2D eigenvalue weighted by atomic mass is 10.2. The minimum atomic E-state index is -0.325. The number of nitrogens with one attached hydrogen (secondary N) is 2. The number of hydrogen-bond acceptors (Lipinski definition) is 4. The van der Waals surface area contributed by atoms with Gasteiger partial charge in [-0.15, -0.1) is 0 Å². The number of hydrogen-bond donors (Lipinski definition) is 2. The third kappa shape index (κ3) is 4.83. The number of carbonyl (C=O) groups excluding carboxylic acids is 2. The second-order valence-corrected chi connectivity index (χ2v) is 6.03. The van der Waals surface area contributed by atoms with Crippen LogP contribution in [0, 0.1) is 11.8 Å². The van der Waals surface area contributed by atoms with Gasteiger partial charge in [0.2, 0.25) is 11.8 Å². The van der Waals surface area contributed by atoms with Gasteiger partial charge in [-0.2, -0.15) is 0 Å². The Labute approximate surface area is 161 Å². The molecule has 3 aromatic rings. The van der Waals surface area contributed by atoms with Crippen LogP contribution in [0.5, 0.6) is 0 Å². The Morgan fingerprint density at radius 2 is 1.86 bits per heavy atom. The largest absolute Gasteiger partial charge is 0.344 e. The highest BCUT2D eigenvalue weighted by Crippen LogP contribution is 2.08. The average molecular weight is 374 g/mol. The van der Waals surface area contributed by atoms with E-state index in [1.807, 2.05) is 0 Å². The molecule has 0 fully saturated rings. The molecule has 1 aromatic heterocycles. The molecule has 1 heterocycles. The van der Waals surface area contributed by atoms with Crippen LogP contribution in [0.2, 0.25) is 0 Å². The van der Waals surface area contributed by atoms with E-state index in [4.69, 9.17) is 0 Å². The van der Waals surface area contributed by atoms with Gasteiger partial charge in [-0.1, -0.05) is 24.0 Å². The van der Waals surface area contributed by atoms with Crippen LogP contribution in [-0.2, 0) is 16.1 Å². The molecule has 0 spiro atoms. The van der Waals surface area contributed by atoms with Gasteiger partial charge in [0.05, 0.1) is 23.8 Å². The zero-order chi connectivity index (χ0) is 19.9. The van der Waals surface area contributed by atoms with Crippen molar-refractivity contribution in [3.63, 3.8) is 0 Å². The Hall–Kier alpha value is -3.92. The molecule has 2 aromatic carbocycles. The molecule has 0 atom stereocenters. The normalized spacial score (nSPS) is 10.0. The molecule has 0 saturated heterocycles. The summed E-state index contributed by atoms with van der Waals surface area (Å²) in [7, 11) is 0. The number of para-hydroxylation sites is 1. The first kappa shape index (κ1) is 18.9. The highest BCUT2D eigenvalue weighted by Gasteiger charge is 2.07. The van der Waals surface area contributed by atoms with E-state index in [0.29, 0.717) is 16.6 Å². The van der Waals surface area contributed by atoms with Gasteiger partial charge in [-0.3, -0.25) is 19.0 Å². The third-order valence-corrected chi connectivity index (χ3v) is 3.86. The van der Waals surface area contributed by atoms with E-state index >= 15 is 0 Å². The van der Waals surface area contributed by atoms with Gasteiger partial charge < -0.3 is 10.6 Å². The lowest BCUT2D eigenvalue weighted by molar-refractivity contribution is -0.121. The Bertz CT molecular complexity index is 1140. The van der Waals surface area contributed by atoms with Crippen LogP contribution in [-0.4, -0.2) is 27.9 Å². The number of nitrogens with zero attached hydrogens (tertiary/aromatic N) is 2. The Kier molecular flexibility index (Phi) is 5.82. The van der Waals surface area contributed by atoms with Crippen molar-refractivity contribution in [2.45, 2.75) is 13.5 Å². The highest BCUT2D eigenvalue weighted by atomic mass is 16.2. The number of carbonyl (C=O) groups is 2. The smallest absolute Gasteiger partial charge is 0.261 e. The lowest BCUT2D eigenvalue weighted by Gasteiger charge is -2.06. The van der Waals surface area contributed by atoms with Crippen molar-refractivity contribution >= 4 is 28.4 Å². The van der Waals surface area contributed by atoms with Crippen molar-refractivity contribution < 1.29 is 9.59 Å². The summed E-state index contributed by atoms with van der Waals surface area (Å²) >= 11 is 0. The summed E-state index contributed by atoms with van der Waals surface area (Å²) < 4.78 is 1.27. The Balaban J connectivity index is 1.56. The maximum atomic E-state index is 12.4. The fraction of sp³-hybridized carbons (Fsp3) is 0.143. The monoisotopic (exact) mass is 374 g/mol. The summed E-state index contributed by atoms with van der Waals surface area (Å²) in [4.78, 5) is 39.6. The Morgan fingerprint density at radius 3 is 2.61 bits per heavy atom. The molecule has 0 saturated carbocycles. The van der Waals surface area contributed by atoms with Gasteiger partial charge in [0.15, 0.2) is 0 Å². The zero-order valence-corrected chi connectivity index (χ0v) is 15.2. The molecule has 2 N–H and O–H groups in total. The molecule has 0 radical (unpaired) electrons. The van der Waals surface area contributed by atoms with Crippen LogP contribution in [0.4, 0.5) is 5.69 Å². The quantitative estimate of drug-likeness (QED) is 0.677. The topological polar surface area (TPSA) is 93.1 Å². The van der Waals surface area contributed by atoms with Gasteiger partial charge in [0.1, 0.15) is 6.54 Å². The fourth-order valence-corrected chi connectivity index (χ4v) is 2.56. The SMILES string of the molecule is CC(=O)Nc1ccc(C#CCNC(=O)Cn2cnc3ccccc3c2=O)cc1. The molecule has 3 rings (SSSR count). The molecular formula is C21H18N4O3. The maximum absolute atomic E-state index is 12.4. The van der Waals surface area contributed by atoms with Crippen molar-refractivity contribution in [2.24, 2.45) is 0 Å². The number of benzene rings is 2. The molecule has 28 heavy (non-hydrogen) atoms. The van der Waals surface area contributed by atoms with Crippen LogP contribution in [0.15, 0.2) is 59.7 Å². The summed E-state index contributed by atoms with van der Waals surface area (Å²) in [6.45, 7) is 1.48. The van der Waals surface area contributed by atoms with Crippen LogP contribution in [0.3, 0.4) is 0 Å². The average Bonchev–Trinajstić information content (AvgIpc) is 2.68. The molecular weight excluding hydrogens is 356 g/mol. The standard InChI is InChI=1S/C21H18N4O3/c1-15(26)24-17-10-8-16(9-11-17)5-4-12-22-20(27)13-25-14-23-19-7-3-2-6-18(19)21(25)28/h2-3,6-11,14H,12-13H2,1H3,(H,22,27)(H,24,26). The first-order chi connectivity index (χ1) is 13.5. The predicted molar refractivity (Wildman–Crippen MR) is 107 cm³/mol. The van der Waals surface area contributed by atoms with E-state index < -0.39 is 0 Å². The summed E-state index contributed by atoms with van der Waals surface area (Å²) in [6.07, 6.45) is 1.37. The minimum Gasteiger partial charge on any atom is -0.344 e. The maximum Gasteiger partial charge on any atom is 0.261 e. The van der Waals surface area contributed by atoms with Crippen molar-refractivity contribution in [1.82, 2.24) is 14.9 Å². The van der Waals surface area contributed by atoms with E-state index in [1.54, 1.807) is 48.5 Å². The molecule has 2 amide bonds. The van der Waals surface area contributed by atoms with Crippen LogP contribution < -0.4 is 16.2 Å². The second kappa shape index (κ2) is 8.64. The number of fused-ring (bicyclic) bond motifs is 1. The number of aromatic nitrogens is 2. The van der Waals surface area contributed by atoms with Crippen molar-refractivity contribution in [2.75, 3.05) is 11.9 Å². The summed E-state index contributed by atoms with van der Waals surface area (Å²) in [5.41, 5.74) is 1.80. The number of rotatable bonds is 4. The van der Waals surface area contributed by atoms with Crippen molar-refractivity contribution in [3.8, 4) is 11.8 Å².